The van der Waals surface area contributed by atoms with Crippen molar-refractivity contribution in [2.45, 2.75) is 0 Å². The molecular formula is C40H22N10O. The summed E-state index contributed by atoms with van der Waals surface area (Å²) in [6, 6.07) is 40.6. The maximum Gasteiger partial charge on any atom is 0.187 e. The lowest BCUT2D eigenvalue weighted by Crippen LogP contribution is -1.96. The van der Waals surface area contributed by atoms with Crippen molar-refractivity contribution in [3.05, 3.63) is 134 Å². The minimum absolute atomic E-state index is 0.668. The van der Waals surface area contributed by atoms with E-state index in [1.807, 2.05) is 60.7 Å². The first-order valence-corrected chi connectivity index (χ1v) is 16.3. The van der Waals surface area contributed by atoms with Gasteiger partial charge in [-0.05, 0) is 72.8 Å². The molecule has 51 heavy (non-hydrogen) atoms. The van der Waals surface area contributed by atoms with Crippen LogP contribution in [0.25, 0.3) is 100 Å². The summed E-state index contributed by atoms with van der Waals surface area (Å²) in [6.07, 6.45) is 2.97. The molecule has 238 valence electrons. The van der Waals surface area contributed by atoms with Crippen LogP contribution in [-0.4, -0.2) is 49.5 Å². The summed E-state index contributed by atoms with van der Waals surface area (Å²) >= 11 is 0. The van der Waals surface area contributed by atoms with E-state index in [0.29, 0.717) is 33.5 Å². The number of benzene rings is 4. The van der Waals surface area contributed by atoms with Gasteiger partial charge in [0.15, 0.2) is 22.5 Å². The van der Waals surface area contributed by atoms with Crippen molar-refractivity contribution in [3.63, 3.8) is 0 Å². The van der Waals surface area contributed by atoms with E-state index in [1.165, 1.54) is 12.7 Å². The topological polar surface area (TPSA) is 126 Å². The fourth-order valence-electron chi connectivity index (χ4n) is 7.11. The molecule has 0 amide bonds. The number of para-hydroxylation sites is 2. The Balaban J connectivity index is 1.07. The Morgan fingerprint density at radius 1 is 0.451 bits per heavy atom. The van der Waals surface area contributed by atoms with Crippen LogP contribution in [0.4, 0.5) is 0 Å². The lowest BCUT2D eigenvalue weighted by molar-refractivity contribution is 0.667. The second kappa shape index (κ2) is 10.5. The number of furan rings is 1. The van der Waals surface area contributed by atoms with Gasteiger partial charge in [-0.25, -0.2) is 19.9 Å². The van der Waals surface area contributed by atoms with E-state index < -0.39 is 0 Å². The molecule has 7 heterocycles. The Bertz CT molecular complexity index is 2940. The predicted octanol–water partition coefficient (Wildman–Crippen LogP) is 8.27. The van der Waals surface area contributed by atoms with Gasteiger partial charge in [-0.3, -0.25) is 9.13 Å². The van der Waals surface area contributed by atoms with E-state index in [2.05, 4.69) is 100 Å². The Hall–Kier alpha value is -7.40. The smallest absolute Gasteiger partial charge is 0.187 e. The zero-order valence-corrected chi connectivity index (χ0v) is 26.6. The Morgan fingerprint density at radius 2 is 0.922 bits per heavy atom. The molecule has 0 saturated heterocycles. The number of nitrogens with zero attached hydrogens (tertiary/aromatic N) is 10. The van der Waals surface area contributed by atoms with Crippen molar-refractivity contribution in [1.82, 2.24) is 49.5 Å². The molecule has 0 unspecified atom stereocenters. The van der Waals surface area contributed by atoms with Gasteiger partial charge in [-0.1, -0.05) is 48.5 Å². The van der Waals surface area contributed by atoms with Crippen molar-refractivity contribution in [1.29, 1.82) is 0 Å². The summed E-state index contributed by atoms with van der Waals surface area (Å²) in [5, 5.41) is 19.0. The number of pyridine rings is 2. The van der Waals surface area contributed by atoms with Gasteiger partial charge in [-0.15, -0.1) is 20.4 Å². The van der Waals surface area contributed by atoms with Crippen molar-refractivity contribution >= 4 is 66.3 Å². The molecule has 4 aromatic carbocycles. The first kappa shape index (κ1) is 27.5. The molecule has 0 spiro atoms. The summed E-state index contributed by atoms with van der Waals surface area (Å²) in [4.78, 5) is 19.4. The van der Waals surface area contributed by atoms with Gasteiger partial charge in [0.1, 0.15) is 34.7 Å². The van der Waals surface area contributed by atoms with Crippen LogP contribution in [0.2, 0.25) is 0 Å². The average Bonchev–Trinajstić information content (AvgIpc) is 3.85. The molecule has 11 rings (SSSR count). The van der Waals surface area contributed by atoms with Crippen LogP contribution in [0, 0.1) is 0 Å². The molecule has 0 atom stereocenters. The number of hydrogen-bond acceptors (Lipinski definition) is 9. The lowest BCUT2D eigenvalue weighted by Gasteiger charge is -2.08. The van der Waals surface area contributed by atoms with Crippen LogP contribution in [0.1, 0.15) is 0 Å². The molecule has 0 bridgehead atoms. The van der Waals surface area contributed by atoms with Crippen LogP contribution < -0.4 is 0 Å². The maximum atomic E-state index is 6.23. The van der Waals surface area contributed by atoms with E-state index in [9.17, 15) is 0 Å². The van der Waals surface area contributed by atoms with Crippen LogP contribution in [0.15, 0.2) is 138 Å². The van der Waals surface area contributed by atoms with E-state index in [-0.39, 0.29) is 0 Å². The molecule has 0 aliphatic carbocycles. The highest BCUT2D eigenvalue weighted by molar-refractivity contribution is 6.08. The molecule has 11 aromatic rings. The molecule has 0 saturated carbocycles. The molecule has 0 aliphatic rings. The quantitative estimate of drug-likeness (QED) is 0.184. The Labute approximate surface area is 287 Å². The third-order valence-corrected chi connectivity index (χ3v) is 9.40. The zero-order valence-electron chi connectivity index (χ0n) is 26.6. The van der Waals surface area contributed by atoms with E-state index in [0.717, 1.165) is 66.7 Å². The number of rotatable bonds is 4. The summed E-state index contributed by atoms with van der Waals surface area (Å²) in [5.41, 5.74) is 13.1. The van der Waals surface area contributed by atoms with Gasteiger partial charge in [0, 0.05) is 33.3 Å². The van der Waals surface area contributed by atoms with Crippen LogP contribution in [-0.2, 0) is 0 Å². The van der Waals surface area contributed by atoms with Crippen molar-refractivity contribution in [2.24, 2.45) is 0 Å². The fourth-order valence-corrected chi connectivity index (χ4v) is 7.11. The first-order valence-electron chi connectivity index (χ1n) is 16.3. The molecule has 0 fully saturated rings. The van der Waals surface area contributed by atoms with E-state index >= 15 is 0 Å². The lowest BCUT2D eigenvalue weighted by atomic mass is 10.1. The van der Waals surface area contributed by atoms with Gasteiger partial charge >= 0.3 is 0 Å². The van der Waals surface area contributed by atoms with Crippen LogP contribution >= 0.6 is 0 Å². The minimum Gasteiger partial charge on any atom is -0.453 e. The number of aromatic nitrogens is 10. The van der Waals surface area contributed by atoms with Gasteiger partial charge in [-0.2, -0.15) is 0 Å². The van der Waals surface area contributed by atoms with Crippen molar-refractivity contribution in [3.8, 4) is 33.9 Å². The molecular weight excluding hydrogens is 637 g/mol. The average molecular weight is 659 g/mol. The van der Waals surface area contributed by atoms with Crippen molar-refractivity contribution in [2.75, 3.05) is 0 Å². The molecule has 11 nitrogen and oxygen atoms in total. The van der Waals surface area contributed by atoms with Crippen molar-refractivity contribution < 1.29 is 4.42 Å². The highest BCUT2D eigenvalue weighted by atomic mass is 16.3. The Kier molecular flexibility index (Phi) is 5.70. The largest absolute Gasteiger partial charge is 0.453 e. The fraction of sp³-hybridized carbons (Fsp3) is 0. The second-order valence-corrected chi connectivity index (χ2v) is 12.3. The number of fused-ring (bicyclic) bond motifs is 9. The monoisotopic (exact) mass is 658 g/mol. The standard InChI is InChI=1S/C40H22N10O/c1-3-7-25(8-4-1)49-31-19-23(11-13-27(31)35-39(49)47-43-21-41-35)29-15-17-33-37(45-29)38-34(51-33)18-16-30(46-38)24-12-14-28-32(20-24)50(26-9-5-2-6-10-26)40-36(28)42-22-44-48-40/h1-22H. The van der Waals surface area contributed by atoms with Gasteiger partial charge < -0.3 is 4.42 Å². The highest BCUT2D eigenvalue weighted by Crippen LogP contribution is 2.36. The normalized spacial score (nSPS) is 11.9. The predicted molar refractivity (Wildman–Crippen MR) is 196 cm³/mol. The zero-order chi connectivity index (χ0) is 33.5. The van der Waals surface area contributed by atoms with E-state index in [4.69, 9.17) is 14.4 Å². The SMILES string of the molecule is c1ccc(-n2c3cc(-c4ccc5oc6ccc(-c7ccc8c9ncnnc9n(-c9ccccc9)c8c7)nc6c5n4)ccc3c3ncnnc32)cc1. The van der Waals surface area contributed by atoms with Crippen LogP contribution in [0.3, 0.4) is 0 Å². The van der Waals surface area contributed by atoms with Gasteiger partial charge in [0.2, 0.25) is 0 Å². The third-order valence-electron chi connectivity index (χ3n) is 9.40. The van der Waals surface area contributed by atoms with Gasteiger partial charge in [0.05, 0.1) is 22.4 Å². The number of hydrogen-bond donors (Lipinski definition) is 0. The maximum absolute atomic E-state index is 6.23. The molecule has 11 heteroatoms. The molecule has 0 N–H and O–H groups in total. The Morgan fingerprint density at radius 3 is 1.39 bits per heavy atom. The third kappa shape index (κ3) is 4.12. The minimum atomic E-state index is 0.668. The molecule has 0 radical (unpaired) electrons. The summed E-state index contributed by atoms with van der Waals surface area (Å²) in [7, 11) is 0. The molecule has 0 aliphatic heterocycles. The van der Waals surface area contributed by atoms with E-state index in [1.54, 1.807) is 0 Å². The summed E-state index contributed by atoms with van der Waals surface area (Å²) < 4.78 is 10.4. The highest BCUT2D eigenvalue weighted by Gasteiger charge is 2.19. The summed E-state index contributed by atoms with van der Waals surface area (Å²) in [6.45, 7) is 0. The van der Waals surface area contributed by atoms with Gasteiger partial charge in [0.25, 0.3) is 0 Å². The second-order valence-electron chi connectivity index (χ2n) is 12.3. The summed E-state index contributed by atoms with van der Waals surface area (Å²) in [5.74, 6) is 0. The molecule has 7 aromatic heterocycles. The first-order chi connectivity index (χ1) is 25.3. The van der Waals surface area contributed by atoms with Crippen LogP contribution in [0.5, 0.6) is 0 Å².